The van der Waals surface area contributed by atoms with Gasteiger partial charge >= 0.3 is 0 Å². The number of carbonyl (C=O) groups is 1. The van der Waals surface area contributed by atoms with Crippen molar-refractivity contribution in [3.05, 3.63) is 58.6 Å². The Bertz CT molecular complexity index is 1390. The highest BCUT2D eigenvalue weighted by molar-refractivity contribution is 7.89. The van der Waals surface area contributed by atoms with Crippen LogP contribution in [-0.4, -0.2) is 79.0 Å². The molecule has 2 aliphatic heterocycles. The minimum absolute atomic E-state index is 0.0677. The zero-order chi connectivity index (χ0) is 24.4. The third kappa shape index (κ3) is 4.90. The maximum absolute atomic E-state index is 13.3. The number of benzene rings is 1. The summed E-state index contributed by atoms with van der Waals surface area (Å²) in [5, 5.41) is 3.38. The van der Waals surface area contributed by atoms with Crippen LogP contribution >= 0.6 is 0 Å². The summed E-state index contributed by atoms with van der Waals surface area (Å²) in [6.07, 6.45) is 4.97. The van der Waals surface area contributed by atoms with Gasteiger partial charge in [0.15, 0.2) is 0 Å². The normalized spacial score (nSPS) is 19.5. The monoisotopic (exact) mass is 498 g/mol. The number of anilines is 1. The van der Waals surface area contributed by atoms with Gasteiger partial charge in [0.2, 0.25) is 21.5 Å². The molecule has 12 heteroatoms. The molecule has 2 saturated heterocycles. The van der Waals surface area contributed by atoms with E-state index in [0.717, 1.165) is 19.4 Å². The van der Waals surface area contributed by atoms with Crippen molar-refractivity contribution in [1.29, 1.82) is 0 Å². The van der Waals surface area contributed by atoms with Crippen molar-refractivity contribution in [2.24, 2.45) is 0 Å². The molecule has 0 bridgehead atoms. The highest BCUT2D eigenvalue weighted by atomic mass is 32.2. The maximum atomic E-state index is 13.3. The van der Waals surface area contributed by atoms with Crippen molar-refractivity contribution in [3.8, 4) is 0 Å². The fraction of sp³-hybridized carbons (Fsp3) is 0.391. The molecule has 0 radical (unpaired) electrons. The number of sulfonamides is 1. The van der Waals surface area contributed by atoms with Crippen LogP contribution in [0, 0.1) is 0 Å². The molecule has 1 atom stereocenters. The first-order valence-electron chi connectivity index (χ1n) is 11.5. The zero-order valence-electron chi connectivity index (χ0n) is 19.0. The number of hydrogen-bond donors (Lipinski definition) is 2. The van der Waals surface area contributed by atoms with Crippen LogP contribution in [-0.2, 0) is 14.8 Å². The number of ether oxygens (including phenoxy) is 1. The number of aromatic nitrogens is 3. The lowest BCUT2D eigenvalue weighted by Gasteiger charge is -2.33. The Morgan fingerprint density at radius 1 is 1.11 bits per heavy atom. The molecule has 3 aromatic rings. The van der Waals surface area contributed by atoms with Gasteiger partial charge < -0.3 is 19.9 Å². The van der Waals surface area contributed by atoms with Crippen molar-refractivity contribution in [2.75, 3.05) is 44.3 Å². The minimum atomic E-state index is -3.76. The van der Waals surface area contributed by atoms with Gasteiger partial charge in [0.25, 0.3) is 5.91 Å². The van der Waals surface area contributed by atoms with Gasteiger partial charge in [0, 0.05) is 61.6 Å². The van der Waals surface area contributed by atoms with E-state index in [9.17, 15) is 18.0 Å². The first kappa shape index (κ1) is 23.4. The Hall–Kier alpha value is -3.35. The van der Waals surface area contributed by atoms with Crippen molar-refractivity contribution in [2.45, 2.75) is 23.8 Å². The quantitative estimate of drug-likeness (QED) is 0.525. The number of carbonyl (C=O) groups excluding carboxylic acids is 1. The predicted octanol–water partition coefficient (Wildman–Crippen LogP) is 0.738. The highest BCUT2D eigenvalue weighted by Gasteiger charge is 2.28. The maximum Gasteiger partial charge on any atom is 0.252 e. The van der Waals surface area contributed by atoms with E-state index in [1.807, 2.05) is 4.90 Å². The second-order valence-electron chi connectivity index (χ2n) is 8.58. The molecule has 5 rings (SSSR count). The number of fused-ring (bicyclic) bond motifs is 1. The van der Waals surface area contributed by atoms with E-state index in [4.69, 9.17) is 4.74 Å². The molecule has 1 amide bonds. The third-order valence-corrected chi connectivity index (χ3v) is 8.15. The molecule has 0 spiro atoms. The van der Waals surface area contributed by atoms with Crippen LogP contribution in [0.5, 0.6) is 0 Å². The molecule has 11 nitrogen and oxygen atoms in total. The standard InChI is InChI=1S/C23H26N6O5S/c30-21-14-19(22(31)26-16-3-1-8-28(15-16)23-24-6-2-7-25-23)18-13-17(4-5-20(18)27-21)35(32,33)29-9-11-34-12-10-29/h2,4-7,13-14,16H,1,3,8-12,15H2,(H,26,31)(H,27,30). The van der Waals surface area contributed by atoms with Crippen LogP contribution in [0.2, 0.25) is 0 Å². The molecule has 184 valence electrons. The van der Waals surface area contributed by atoms with Gasteiger partial charge in [-0.25, -0.2) is 18.4 Å². The molecule has 2 aromatic heterocycles. The molecular formula is C23H26N6O5S. The Morgan fingerprint density at radius 3 is 2.66 bits per heavy atom. The number of morpholine rings is 1. The molecule has 2 fully saturated rings. The second-order valence-corrected chi connectivity index (χ2v) is 10.5. The lowest BCUT2D eigenvalue weighted by atomic mass is 10.0. The third-order valence-electron chi connectivity index (χ3n) is 6.26. The fourth-order valence-electron chi connectivity index (χ4n) is 4.51. The van der Waals surface area contributed by atoms with E-state index in [-0.39, 0.29) is 29.6 Å². The summed E-state index contributed by atoms with van der Waals surface area (Å²) in [5.41, 5.74) is 0.0942. The van der Waals surface area contributed by atoms with Gasteiger partial charge in [-0.15, -0.1) is 0 Å². The summed E-state index contributed by atoms with van der Waals surface area (Å²) in [6, 6.07) is 7.21. The molecule has 4 heterocycles. The second kappa shape index (κ2) is 9.72. The summed E-state index contributed by atoms with van der Waals surface area (Å²) in [4.78, 5) is 38.9. The van der Waals surface area contributed by atoms with Gasteiger partial charge in [0.1, 0.15) is 0 Å². The highest BCUT2D eigenvalue weighted by Crippen LogP contribution is 2.24. The summed E-state index contributed by atoms with van der Waals surface area (Å²) in [5.74, 6) is 0.175. The first-order valence-corrected chi connectivity index (χ1v) is 12.9. The van der Waals surface area contributed by atoms with E-state index < -0.39 is 21.5 Å². The van der Waals surface area contributed by atoms with Crippen molar-refractivity contribution in [1.82, 2.24) is 24.6 Å². The molecule has 2 aliphatic rings. The van der Waals surface area contributed by atoms with Gasteiger partial charge in [-0.2, -0.15) is 4.31 Å². The number of H-pyrrole nitrogens is 1. The molecule has 2 N–H and O–H groups in total. The average molecular weight is 499 g/mol. The zero-order valence-corrected chi connectivity index (χ0v) is 19.8. The van der Waals surface area contributed by atoms with E-state index in [0.29, 0.717) is 36.6 Å². The van der Waals surface area contributed by atoms with Crippen molar-refractivity contribution in [3.63, 3.8) is 0 Å². The number of piperidine rings is 1. The topological polar surface area (TPSA) is 138 Å². The Kier molecular flexibility index (Phi) is 6.50. The largest absolute Gasteiger partial charge is 0.379 e. The number of pyridine rings is 1. The van der Waals surface area contributed by atoms with Crippen LogP contribution in [0.25, 0.3) is 10.9 Å². The number of rotatable bonds is 5. The Labute approximate surface area is 202 Å². The molecule has 0 saturated carbocycles. The molecule has 0 aliphatic carbocycles. The molecule has 1 aromatic carbocycles. The average Bonchev–Trinajstić information content (AvgIpc) is 2.89. The van der Waals surface area contributed by atoms with E-state index in [1.54, 1.807) is 18.5 Å². The van der Waals surface area contributed by atoms with Crippen molar-refractivity contribution < 1.29 is 17.9 Å². The van der Waals surface area contributed by atoms with Gasteiger partial charge in [0.05, 0.1) is 23.7 Å². The summed E-state index contributed by atoms with van der Waals surface area (Å²) >= 11 is 0. The van der Waals surface area contributed by atoms with Crippen LogP contribution < -0.4 is 15.8 Å². The van der Waals surface area contributed by atoms with Crippen LogP contribution in [0.3, 0.4) is 0 Å². The van der Waals surface area contributed by atoms with Crippen LogP contribution in [0.1, 0.15) is 23.2 Å². The molecule has 1 unspecified atom stereocenters. The van der Waals surface area contributed by atoms with E-state index in [2.05, 4.69) is 20.3 Å². The number of nitrogens with zero attached hydrogens (tertiary/aromatic N) is 4. The van der Waals surface area contributed by atoms with E-state index in [1.165, 1.54) is 28.6 Å². The minimum Gasteiger partial charge on any atom is -0.379 e. The van der Waals surface area contributed by atoms with Gasteiger partial charge in [-0.05, 0) is 37.1 Å². The SMILES string of the molecule is O=C(NC1CCCN(c2ncccn2)C1)c1cc(=O)[nH]c2ccc(S(=O)(=O)N3CCOCC3)cc12. The lowest BCUT2D eigenvalue weighted by molar-refractivity contribution is 0.0730. The lowest BCUT2D eigenvalue weighted by Crippen LogP contribution is -2.48. The summed E-state index contributed by atoms with van der Waals surface area (Å²) < 4.78 is 32.9. The summed E-state index contributed by atoms with van der Waals surface area (Å²) in [7, 11) is -3.76. The first-order chi connectivity index (χ1) is 16.9. The number of amides is 1. The van der Waals surface area contributed by atoms with Crippen LogP contribution in [0.15, 0.2) is 52.4 Å². The molecular weight excluding hydrogens is 472 g/mol. The number of nitrogens with one attached hydrogen (secondary N) is 2. The molecule has 35 heavy (non-hydrogen) atoms. The fourth-order valence-corrected chi connectivity index (χ4v) is 5.95. The van der Waals surface area contributed by atoms with E-state index >= 15 is 0 Å². The van der Waals surface area contributed by atoms with Gasteiger partial charge in [-0.3, -0.25) is 9.59 Å². The summed E-state index contributed by atoms with van der Waals surface area (Å²) in [6.45, 7) is 2.52. The predicted molar refractivity (Wildman–Crippen MR) is 129 cm³/mol. The van der Waals surface area contributed by atoms with Crippen molar-refractivity contribution >= 4 is 32.8 Å². The Balaban J connectivity index is 1.42. The Morgan fingerprint density at radius 2 is 1.89 bits per heavy atom. The number of hydrogen-bond acceptors (Lipinski definition) is 8. The van der Waals surface area contributed by atoms with Crippen LogP contribution in [0.4, 0.5) is 5.95 Å². The number of aromatic amines is 1. The smallest absolute Gasteiger partial charge is 0.252 e. The van der Waals surface area contributed by atoms with Gasteiger partial charge in [-0.1, -0.05) is 0 Å².